The number of rotatable bonds is 4. The summed E-state index contributed by atoms with van der Waals surface area (Å²) in [4.78, 5) is 0. The van der Waals surface area contributed by atoms with E-state index in [-0.39, 0.29) is 5.41 Å². The summed E-state index contributed by atoms with van der Waals surface area (Å²) in [6.45, 7) is 6.87. The monoisotopic (exact) mass is 310 g/mol. The summed E-state index contributed by atoms with van der Waals surface area (Å²) in [5, 5.41) is 7.43. The quantitative estimate of drug-likeness (QED) is 0.868. The van der Waals surface area contributed by atoms with Gasteiger partial charge in [0.25, 0.3) is 0 Å². The highest BCUT2D eigenvalue weighted by atomic mass is 16.5. The van der Waals surface area contributed by atoms with Crippen LogP contribution in [0.25, 0.3) is 0 Å². The number of methoxy groups -OCH3 is 1. The summed E-state index contributed by atoms with van der Waals surface area (Å²) in [6.07, 6.45) is 1.06. The van der Waals surface area contributed by atoms with Gasteiger partial charge in [0.05, 0.1) is 19.2 Å². The Labute approximate surface area is 139 Å². The summed E-state index contributed by atoms with van der Waals surface area (Å²) >= 11 is 0. The van der Waals surface area contributed by atoms with Crippen LogP contribution in [0.3, 0.4) is 0 Å². The number of ether oxygens (including phenoxy) is 1. The lowest BCUT2D eigenvalue weighted by molar-refractivity contribution is 0.313. The molecule has 0 saturated carbocycles. The third-order valence-corrected chi connectivity index (χ3v) is 4.55. The Balaban J connectivity index is 1.79. The highest BCUT2D eigenvalue weighted by molar-refractivity contribution is 5.58. The van der Waals surface area contributed by atoms with Crippen molar-refractivity contribution >= 4 is 11.4 Å². The fraction of sp³-hybridized carbons (Fsp3) is 0.400. The van der Waals surface area contributed by atoms with Crippen LogP contribution in [0.5, 0.6) is 5.75 Å². The van der Waals surface area contributed by atoms with E-state index in [1.165, 1.54) is 11.3 Å². The molecule has 0 saturated heterocycles. The van der Waals surface area contributed by atoms with Gasteiger partial charge in [-0.05, 0) is 47.7 Å². The molecule has 2 aromatic carbocycles. The van der Waals surface area contributed by atoms with Crippen molar-refractivity contribution < 1.29 is 4.74 Å². The zero-order chi connectivity index (χ0) is 16.4. The predicted molar refractivity (Wildman–Crippen MR) is 97.4 cm³/mol. The van der Waals surface area contributed by atoms with Crippen molar-refractivity contribution in [2.45, 2.75) is 39.3 Å². The lowest BCUT2D eigenvalue weighted by atomic mass is 9.81. The van der Waals surface area contributed by atoms with Crippen molar-refractivity contribution in [3.05, 3.63) is 54.1 Å². The van der Waals surface area contributed by atoms with Gasteiger partial charge in [0.2, 0.25) is 0 Å². The molecule has 1 heterocycles. The average molecular weight is 310 g/mol. The minimum absolute atomic E-state index is 0.139. The number of fused-ring (bicyclic) bond motifs is 1. The SMILES string of the molecule is COc1ccc(N[C@@H]([C@@H]2Cc3ccccc3N2)C(C)(C)C)cc1. The average Bonchev–Trinajstić information content (AvgIpc) is 2.95. The van der Waals surface area contributed by atoms with E-state index in [2.05, 4.69) is 67.8 Å². The molecule has 3 rings (SSSR count). The molecule has 2 atom stereocenters. The van der Waals surface area contributed by atoms with Gasteiger partial charge in [-0.1, -0.05) is 39.0 Å². The summed E-state index contributed by atoms with van der Waals surface area (Å²) in [5.74, 6) is 0.884. The molecule has 0 aromatic heterocycles. The second kappa shape index (κ2) is 6.15. The van der Waals surface area contributed by atoms with Gasteiger partial charge in [-0.3, -0.25) is 0 Å². The Morgan fingerprint density at radius 2 is 1.78 bits per heavy atom. The molecule has 23 heavy (non-hydrogen) atoms. The lowest BCUT2D eigenvalue weighted by Gasteiger charge is -2.37. The van der Waals surface area contributed by atoms with Crippen molar-refractivity contribution in [3.63, 3.8) is 0 Å². The molecular formula is C20H26N2O. The van der Waals surface area contributed by atoms with Crippen LogP contribution < -0.4 is 15.4 Å². The summed E-state index contributed by atoms with van der Waals surface area (Å²) < 4.78 is 5.24. The fourth-order valence-electron chi connectivity index (χ4n) is 3.32. The Morgan fingerprint density at radius 3 is 2.39 bits per heavy atom. The smallest absolute Gasteiger partial charge is 0.119 e. The van der Waals surface area contributed by atoms with E-state index in [1.807, 2.05) is 12.1 Å². The highest BCUT2D eigenvalue weighted by Crippen LogP contribution is 2.34. The zero-order valence-corrected chi connectivity index (χ0v) is 14.4. The number of hydrogen-bond acceptors (Lipinski definition) is 3. The molecule has 0 spiro atoms. The van der Waals surface area contributed by atoms with Gasteiger partial charge < -0.3 is 15.4 Å². The van der Waals surface area contributed by atoms with Gasteiger partial charge in [0.1, 0.15) is 5.75 Å². The molecule has 0 fully saturated rings. The standard InChI is InChI=1S/C20H26N2O/c1-20(2,3)19(21-15-9-11-16(23-4)12-10-15)18-13-14-7-5-6-8-17(14)22-18/h5-12,18-19,21-22H,13H2,1-4H3/t18-,19-/m0/s1. The second-order valence-corrected chi connectivity index (χ2v) is 7.33. The van der Waals surface area contributed by atoms with Crippen molar-refractivity contribution in [2.75, 3.05) is 17.7 Å². The lowest BCUT2D eigenvalue weighted by Crippen LogP contribution is -2.47. The zero-order valence-electron chi connectivity index (χ0n) is 14.4. The molecule has 1 aliphatic heterocycles. The van der Waals surface area contributed by atoms with E-state index in [4.69, 9.17) is 4.74 Å². The largest absolute Gasteiger partial charge is 0.497 e. The van der Waals surface area contributed by atoms with E-state index in [1.54, 1.807) is 7.11 Å². The van der Waals surface area contributed by atoms with Crippen LogP contribution in [0.1, 0.15) is 26.3 Å². The van der Waals surface area contributed by atoms with Gasteiger partial charge in [-0.2, -0.15) is 0 Å². The number of nitrogens with one attached hydrogen (secondary N) is 2. The van der Waals surface area contributed by atoms with Crippen LogP contribution in [0.2, 0.25) is 0 Å². The van der Waals surface area contributed by atoms with Crippen LogP contribution in [-0.4, -0.2) is 19.2 Å². The molecule has 2 N–H and O–H groups in total. The van der Waals surface area contributed by atoms with Gasteiger partial charge in [-0.25, -0.2) is 0 Å². The van der Waals surface area contributed by atoms with Crippen molar-refractivity contribution in [1.29, 1.82) is 0 Å². The van der Waals surface area contributed by atoms with Crippen LogP contribution in [0.4, 0.5) is 11.4 Å². The van der Waals surface area contributed by atoms with Crippen molar-refractivity contribution in [3.8, 4) is 5.75 Å². The molecule has 0 aliphatic carbocycles. The molecule has 2 aromatic rings. The first-order valence-electron chi connectivity index (χ1n) is 8.22. The summed E-state index contributed by atoms with van der Waals surface area (Å²) in [5.41, 5.74) is 3.94. The molecule has 0 radical (unpaired) electrons. The van der Waals surface area contributed by atoms with Gasteiger partial charge >= 0.3 is 0 Å². The molecular weight excluding hydrogens is 284 g/mol. The maximum atomic E-state index is 5.24. The van der Waals surface area contributed by atoms with E-state index in [0.717, 1.165) is 17.9 Å². The third kappa shape index (κ3) is 3.44. The summed E-state index contributed by atoms with van der Waals surface area (Å²) in [6, 6.07) is 17.5. The van der Waals surface area contributed by atoms with Crippen LogP contribution in [0, 0.1) is 5.41 Å². The van der Waals surface area contributed by atoms with Gasteiger partial charge in [0.15, 0.2) is 0 Å². The first kappa shape index (κ1) is 15.7. The normalized spacial score (nSPS) is 18.0. The molecule has 1 aliphatic rings. The van der Waals surface area contributed by atoms with Crippen LogP contribution in [0.15, 0.2) is 48.5 Å². The van der Waals surface area contributed by atoms with Gasteiger partial charge in [-0.15, -0.1) is 0 Å². The number of para-hydroxylation sites is 1. The number of anilines is 2. The van der Waals surface area contributed by atoms with E-state index in [0.29, 0.717) is 12.1 Å². The molecule has 0 bridgehead atoms. The molecule has 0 unspecified atom stereocenters. The number of benzene rings is 2. The topological polar surface area (TPSA) is 33.3 Å². The fourth-order valence-corrected chi connectivity index (χ4v) is 3.32. The molecule has 0 amide bonds. The third-order valence-electron chi connectivity index (χ3n) is 4.55. The Hall–Kier alpha value is -2.16. The second-order valence-electron chi connectivity index (χ2n) is 7.33. The minimum atomic E-state index is 0.139. The van der Waals surface area contributed by atoms with E-state index in [9.17, 15) is 0 Å². The Morgan fingerprint density at radius 1 is 1.09 bits per heavy atom. The highest BCUT2D eigenvalue weighted by Gasteiger charge is 2.35. The molecule has 122 valence electrons. The number of hydrogen-bond donors (Lipinski definition) is 2. The Kier molecular flexibility index (Phi) is 4.20. The van der Waals surface area contributed by atoms with Crippen molar-refractivity contribution in [1.82, 2.24) is 0 Å². The van der Waals surface area contributed by atoms with Crippen molar-refractivity contribution in [2.24, 2.45) is 5.41 Å². The van der Waals surface area contributed by atoms with Gasteiger partial charge in [0, 0.05) is 11.4 Å². The predicted octanol–water partition coefficient (Wildman–Crippen LogP) is 4.56. The molecule has 3 heteroatoms. The van der Waals surface area contributed by atoms with Crippen LogP contribution >= 0.6 is 0 Å². The maximum absolute atomic E-state index is 5.24. The van der Waals surface area contributed by atoms with Crippen LogP contribution in [-0.2, 0) is 6.42 Å². The maximum Gasteiger partial charge on any atom is 0.119 e. The Bertz CT molecular complexity index is 633. The summed E-state index contributed by atoms with van der Waals surface area (Å²) in [7, 11) is 1.69. The first-order chi connectivity index (χ1) is 11.0. The molecule has 3 nitrogen and oxygen atoms in total. The minimum Gasteiger partial charge on any atom is -0.497 e. The van der Waals surface area contributed by atoms with E-state index >= 15 is 0 Å². The first-order valence-corrected chi connectivity index (χ1v) is 8.22. The van der Waals surface area contributed by atoms with E-state index < -0.39 is 0 Å².